The standard InChI is InChI=1S/C21H19FN2O2S/c22-16-8-10-17(11-9-16)24-20(25)19(13-15-5-2-1-3-6-15)23-21(24)27-14-18-7-4-12-26-18/h1-3,5-6,8-11,13,18H,4,7,12,14H2/b19-13+/t18-/m1/s1. The summed E-state index contributed by atoms with van der Waals surface area (Å²) in [7, 11) is 0. The molecule has 2 aromatic rings. The number of thioether (sulfide) groups is 1. The third kappa shape index (κ3) is 4.12. The summed E-state index contributed by atoms with van der Waals surface area (Å²) in [5.41, 5.74) is 1.89. The van der Waals surface area contributed by atoms with Crippen molar-refractivity contribution in [3.63, 3.8) is 0 Å². The summed E-state index contributed by atoms with van der Waals surface area (Å²) in [6.45, 7) is 0.789. The van der Waals surface area contributed by atoms with E-state index in [1.807, 2.05) is 30.3 Å². The van der Waals surface area contributed by atoms with E-state index in [2.05, 4.69) is 4.99 Å². The van der Waals surface area contributed by atoms with Crippen molar-refractivity contribution in [2.45, 2.75) is 18.9 Å². The Bertz CT molecular complexity index is 875. The van der Waals surface area contributed by atoms with Gasteiger partial charge in [-0.1, -0.05) is 42.1 Å². The maximum Gasteiger partial charge on any atom is 0.283 e. The SMILES string of the molecule is O=C1/C(=C\c2ccccc2)N=C(SC[C@H]2CCCO2)N1c1ccc(F)cc1. The largest absolute Gasteiger partial charge is 0.377 e. The first-order chi connectivity index (χ1) is 13.2. The molecule has 4 rings (SSSR count). The van der Waals surface area contributed by atoms with E-state index in [4.69, 9.17) is 4.74 Å². The van der Waals surface area contributed by atoms with E-state index in [-0.39, 0.29) is 17.8 Å². The number of rotatable bonds is 4. The quantitative estimate of drug-likeness (QED) is 0.732. The molecule has 138 valence electrons. The third-order valence-electron chi connectivity index (χ3n) is 4.44. The average molecular weight is 382 g/mol. The Kier molecular flexibility index (Phi) is 5.36. The van der Waals surface area contributed by atoms with Crippen molar-refractivity contribution in [3.8, 4) is 0 Å². The molecule has 0 saturated carbocycles. The van der Waals surface area contributed by atoms with Gasteiger partial charge in [0.1, 0.15) is 11.5 Å². The molecule has 1 amide bonds. The number of nitrogens with zero attached hydrogens (tertiary/aromatic N) is 2. The van der Waals surface area contributed by atoms with Crippen LogP contribution in [0.1, 0.15) is 18.4 Å². The van der Waals surface area contributed by atoms with Gasteiger partial charge in [-0.15, -0.1) is 0 Å². The molecule has 2 aliphatic heterocycles. The molecule has 1 fully saturated rings. The highest BCUT2D eigenvalue weighted by atomic mass is 32.2. The number of ether oxygens (including phenoxy) is 1. The topological polar surface area (TPSA) is 41.9 Å². The fourth-order valence-electron chi connectivity index (χ4n) is 3.06. The summed E-state index contributed by atoms with van der Waals surface area (Å²) < 4.78 is 19.0. The Morgan fingerprint density at radius 1 is 1.19 bits per heavy atom. The molecule has 2 aromatic carbocycles. The van der Waals surface area contributed by atoms with Crippen molar-refractivity contribution < 1.29 is 13.9 Å². The van der Waals surface area contributed by atoms with Gasteiger partial charge in [0.05, 0.1) is 11.8 Å². The number of hydrogen-bond donors (Lipinski definition) is 0. The first-order valence-corrected chi connectivity index (χ1v) is 9.89. The zero-order chi connectivity index (χ0) is 18.6. The smallest absolute Gasteiger partial charge is 0.283 e. The van der Waals surface area contributed by atoms with Crippen LogP contribution in [0, 0.1) is 5.82 Å². The van der Waals surface area contributed by atoms with Crippen LogP contribution in [0.25, 0.3) is 6.08 Å². The zero-order valence-electron chi connectivity index (χ0n) is 14.7. The van der Waals surface area contributed by atoms with Crippen LogP contribution >= 0.6 is 11.8 Å². The van der Waals surface area contributed by atoms with Crippen LogP contribution in [-0.4, -0.2) is 29.5 Å². The number of carbonyl (C=O) groups is 1. The first-order valence-electron chi connectivity index (χ1n) is 8.90. The average Bonchev–Trinajstić information content (AvgIpc) is 3.30. The van der Waals surface area contributed by atoms with Crippen LogP contribution in [-0.2, 0) is 9.53 Å². The van der Waals surface area contributed by atoms with Crippen LogP contribution < -0.4 is 4.90 Å². The van der Waals surface area contributed by atoms with Gasteiger partial charge in [-0.05, 0) is 48.7 Å². The van der Waals surface area contributed by atoms with Gasteiger partial charge in [-0.3, -0.25) is 9.69 Å². The van der Waals surface area contributed by atoms with Gasteiger partial charge in [-0.2, -0.15) is 0 Å². The Morgan fingerprint density at radius 3 is 2.67 bits per heavy atom. The lowest BCUT2D eigenvalue weighted by atomic mass is 10.2. The lowest BCUT2D eigenvalue weighted by Crippen LogP contribution is -2.31. The van der Waals surface area contributed by atoms with Crippen molar-refractivity contribution in [1.82, 2.24) is 0 Å². The molecule has 0 aromatic heterocycles. The Labute approximate surface area is 161 Å². The van der Waals surface area contributed by atoms with E-state index in [1.54, 1.807) is 23.1 Å². The molecule has 0 aliphatic carbocycles. The second kappa shape index (κ2) is 8.06. The molecule has 0 spiro atoms. The second-order valence-electron chi connectivity index (χ2n) is 6.40. The van der Waals surface area contributed by atoms with Crippen molar-refractivity contribution in [1.29, 1.82) is 0 Å². The first kappa shape index (κ1) is 17.9. The zero-order valence-corrected chi connectivity index (χ0v) is 15.5. The number of benzene rings is 2. The molecule has 0 N–H and O–H groups in total. The predicted octanol–water partition coefficient (Wildman–Crippen LogP) is 4.48. The highest BCUT2D eigenvalue weighted by Gasteiger charge is 2.32. The normalized spacial score (nSPS) is 21.1. The predicted molar refractivity (Wildman–Crippen MR) is 107 cm³/mol. The maximum absolute atomic E-state index is 13.3. The summed E-state index contributed by atoms with van der Waals surface area (Å²) in [6.07, 6.45) is 4.05. The molecule has 27 heavy (non-hydrogen) atoms. The molecule has 2 aliphatic rings. The molecule has 1 atom stereocenters. The minimum atomic E-state index is -0.337. The number of halogens is 1. The molecule has 2 heterocycles. The molecule has 4 nitrogen and oxygen atoms in total. The van der Waals surface area contributed by atoms with Gasteiger partial charge in [-0.25, -0.2) is 9.38 Å². The lowest BCUT2D eigenvalue weighted by molar-refractivity contribution is -0.113. The van der Waals surface area contributed by atoms with Crippen LogP contribution in [0.4, 0.5) is 10.1 Å². The highest BCUT2D eigenvalue weighted by molar-refractivity contribution is 8.14. The van der Waals surface area contributed by atoms with Crippen LogP contribution in [0.2, 0.25) is 0 Å². The van der Waals surface area contributed by atoms with Gasteiger partial charge >= 0.3 is 0 Å². The Morgan fingerprint density at radius 2 is 1.96 bits per heavy atom. The number of aliphatic imine (C=N–C) groups is 1. The Hall–Kier alpha value is -2.44. The summed E-state index contributed by atoms with van der Waals surface area (Å²) in [4.78, 5) is 19.1. The number of amides is 1. The van der Waals surface area contributed by atoms with Crippen molar-refractivity contribution in [2.24, 2.45) is 4.99 Å². The summed E-state index contributed by atoms with van der Waals surface area (Å²) in [6, 6.07) is 15.5. The number of hydrogen-bond acceptors (Lipinski definition) is 4. The minimum absolute atomic E-state index is 0.185. The molecule has 1 saturated heterocycles. The van der Waals surface area contributed by atoms with Gasteiger partial charge in [0.2, 0.25) is 0 Å². The fourth-order valence-corrected chi connectivity index (χ4v) is 4.14. The minimum Gasteiger partial charge on any atom is -0.377 e. The van der Waals surface area contributed by atoms with Gasteiger partial charge < -0.3 is 4.74 Å². The molecular formula is C21H19FN2O2S. The van der Waals surface area contributed by atoms with Crippen molar-refractivity contribution in [3.05, 3.63) is 71.7 Å². The lowest BCUT2D eigenvalue weighted by Gasteiger charge is -2.18. The van der Waals surface area contributed by atoms with E-state index < -0.39 is 0 Å². The summed E-state index contributed by atoms with van der Waals surface area (Å²) in [5, 5.41) is 0.601. The van der Waals surface area contributed by atoms with Crippen molar-refractivity contribution >= 4 is 34.6 Å². The van der Waals surface area contributed by atoms with Crippen LogP contribution in [0.5, 0.6) is 0 Å². The van der Waals surface area contributed by atoms with Gasteiger partial charge in [0.25, 0.3) is 5.91 Å². The van der Waals surface area contributed by atoms with Gasteiger partial charge in [0, 0.05) is 12.4 Å². The Balaban J connectivity index is 1.62. The van der Waals surface area contributed by atoms with Crippen LogP contribution in [0.3, 0.4) is 0 Å². The number of anilines is 1. The molecule has 0 unspecified atom stereocenters. The van der Waals surface area contributed by atoms with E-state index in [0.717, 1.165) is 30.8 Å². The van der Waals surface area contributed by atoms with E-state index in [9.17, 15) is 9.18 Å². The van der Waals surface area contributed by atoms with E-state index in [0.29, 0.717) is 16.6 Å². The maximum atomic E-state index is 13.3. The number of carbonyl (C=O) groups excluding carboxylic acids is 1. The molecule has 6 heteroatoms. The molecule has 0 radical (unpaired) electrons. The van der Waals surface area contributed by atoms with Gasteiger partial charge in [0.15, 0.2) is 5.17 Å². The summed E-state index contributed by atoms with van der Waals surface area (Å²) >= 11 is 1.50. The monoisotopic (exact) mass is 382 g/mol. The fraction of sp³-hybridized carbons (Fsp3) is 0.238. The number of amidine groups is 1. The van der Waals surface area contributed by atoms with Crippen LogP contribution in [0.15, 0.2) is 65.3 Å². The summed E-state index contributed by atoms with van der Waals surface area (Å²) in [5.74, 6) is 0.193. The molecule has 0 bridgehead atoms. The highest BCUT2D eigenvalue weighted by Crippen LogP contribution is 2.31. The third-order valence-corrected chi connectivity index (χ3v) is 5.51. The second-order valence-corrected chi connectivity index (χ2v) is 7.38. The van der Waals surface area contributed by atoms with E-state index >= 15 is 0 Å². The van der Waals surface area contributed by atoms with E-state index in [1.165, 1.54) is 23.9 Å². The molecular weight excluding hydrogens is 363 g/mol. The van der Waals surface area contributed by atoms with Crippen molar-refractivity contribution in [2.75, 3.05) is 17.3 Å².